The van der Waals surface area contributed by atoms with Gasteiger partial charge in [0, 0.05) is 18.4 Å². The molecule has 192 valence electrons. The summed E-state index contributed by atoms with van der Waals surface area (Å²) in [6.45, 7) is 2.24. The minimum atomic E-state index is -0.590. The van der Waals surface area contributed by atoms with Crippen LogP contribution in [0.15, 0.2) is 70.4 Å². The van der Waals surface area contributed by atoms with Crippen molar-refractivity contribution in [3.63, 3.8) is 0 Å². The second-order valence-electron chi connectivity index (χ2n) is 8.14. The number of aromatic nitrogens is 3. The summed E-state index contributed by atoms with van der Waals surface area (Å²) in [6, 6.07) is 15.6. The molecular formula is C27H28N4O6. The van der Waals surface area contributed by atoms with Gasteiger partial charge in [0.1, 0.15) is 12.3 Å². The molecule has 1 amide bonds. The molecule has 0 bridgehead atoms. The number of ether oxygens (including phenoxy) is 3. The van der Waals surface area contributed by atoms with E-state index in [0.717, 1.165) is 10.1 Å². The predicted octanol–water partition coefficient (Wildman–Crippen LogP) is 2.86. The van der Waals surface area contributed by atoms with Gasteiger partial charge >= 0.3 is 5.69 Å². The lowest BCUT2D eigenvalue weighted by Crippen LogP contribution is -2.42. The summed E-state index contributed by atoms with van der Waals surface area (Å²) in [6.07, 6.45) is 1.86. The highest BCUT2D eigenvalue weighted by atomic mass is 16.5. The quantitative estimate of drug-likeness (QED) is 0.353. The maximum Gasteiger partial charge on any atom is 0.332 e. The summed E-state index contributed by atoms with van der Waals surface area (Å²) in [7, 11) is 3.09. The lowest BCUT2D eigenvalue weighted by atomic mass is 10.1. The molecule has 2 aromatic heterocycles. The van der Waals surface area contributed by atoms with Gasteiger partial charge in [-0.2, -0.15) is 0 Å². The van der Waals surface area contributed by atoms with Crippen LogP contribution in [0.2, 0.25) is 0 Å². The monoisotopic (exact) mass is 504 g/mol. The summed E-state index contributed by atoms with van der Waals surface area (Å²) in [5, 5.41) is 2.78. The Balaban J connectivity index is 1.62. The molecule has 4 aromatic rings. The van der Waals surface area contributed by atoms with Crippen LogP contribution < -0.4 is 30.8 Å². The highest BCUT2D eigenvalue weighted by Gasteiger charge is 2.17. The number of anilines is 1. The second-order valence-corrected chi connectivity index (χ2v) is 8.14. The third kappa shape index (κ3) is 5.64. The van der Waals surface area contributed by atoms with Crippen molar-refractivity contribution < 1.29 is 19.0 Å². The van der Waals surface area contributed by atoms with Crippen molar-refractivity contribution in [1.29, 1.82) is 0 Å². The molecule has 10 nitrogen and oxygen atoms in total. The summed E-state index contributed by atoms with van der Waals surface area (Å²) in [4.78, 5) is 43.6. The van der Waals surface area contributed by atoms with E-state index >= 15 is 0 Å². The Kier molecular flexibility index (Phi) is 7.87. The average molecular weight is 505 g/mol. The van der Waals surface area contributed by atoms with Gasteiger partial charge in [-0.25, -0.2) is 9.78 Å². The molecule has 37 heavy (non-hydrogen) atoms. The first-order chi connectivity index (χ1) is 17.9. The number of rotatable bonds is 10. The van der Waals surface area contributed by atoms with E-state index in [1.54, 1.807) is 55.6 Å². The SMILES string of the molecule is CCOc1ccc(NC(=O)Cn2c(=O)n(CCc3ccc(OC)c(OC)c3)c(=O)c3ncccc32)cc1. The van der Waals surface area contributed by atoms with E-state index in [2.05, 4.69) is 10.3 Å². The first-order valence-electron chi connectivity index (χ1n) is 11.8. The molecule has 0 spiro atoms. The third-order valence-corrected chi connectivity index (χ3v) is 5.81. The van der Waals surface area contributed by atoms with Crippen molar-refractivity contribution >= 4 is 22.6 Å². The molecule has 0 aliphatic carbocycles. The Morgan fingerprint density at radius 1 is 0.973 bits per heavy atom. The van der Waals surface area contributed by atoms with Crippen molar-refractivity contribution in [3.05, 3.63) is 87.2 Å². The smallest absolute Gasteiger partial charge is 0.332 e. The van der Waals surface area contributed by atoms with Crippen molar-refractivity contribution in [3.8, 4) is 17.2 Å². The highest BCUT2D eigenvalue weighted by Crippen LogP contribution is 2.27. The average Bonchev–Trinajstić information content (AvgIpc) is 2.92. The highest BCUT2D eigenvalue weighted by molar-refractivity contribution is 5.91. The van der Waals surface area contributed by atoms with Gasteiger partial charge in [0.15, 0.2) is 17.0 Å². The molecule has 0 aliphatic heterocycles. The molecule has 2 aromatic carbocycles. The number of pyridine rings is 1. The number of nitrogens with zero attached hydrogens (tertiary/aromatic N) is 3. The Morgan fingerprint density at radius 3 is 2.43 bits per heavy atom. The summed E-state index contributed by atoms with van der Waals surface area (Å²) < 4.78 is 18.4. The maximum absolute atomic E-state index is 13.4. The van der Waals surface area contributed by atoms with E-state index in [4.69, 9.17) is 14.2 Å². The van der Waals surface area contributed by atoms with Gasteiger partial charge in [0.2, 0.25) is 5.91 Å². The predicted molar refractivity (Wildman–Crippen MR) is 140 cm³/mol. The summed E-state index contributed by atoms with van der Waals surface area (Å²) in [5.41, 5.74) is 0.720. The van der Waals surface area contributed by atoms with Gasteiger partial charge in [-0.1, -0.05) is 6.07 Å². The number of nitrogens with one attached hydrogen (secondary N) is 1. The maximum atomic E-state index is 13.4. The zero-order valence-corrected chi connectivity index (χ0v) is 20.9. The molecule has 0 radical (unpaired) electrons. The number of hydrogen-bond donors (Lipinski definition) is 1. The standard InChI is InChI=1S/C27H28N4O6/c1-4-37-20-10-8-19(9-11-20)29-24(32)17-31-21-6-5-14-28-25(21)26(33)30(27(31)34)15-13-18-7-12-22(35-2)23(16-18)36-3/h5-12,14,16H,4,13,15,17H2,1-3H3,(H,29,32). The van der Waals surface area contributed by atoms with Crippen LogP contribution in [0.4, 0.5) is 5.69 Å². The van der Waals surface area contributed by atoms with E-state index in [-0.39, 0.29) is 18.6 Å². The van der Waals surface area contributed by atoms with Crippen LogP contribution in [-0.4, -0.2) is 40.9 Å². The van der Waals surface area contributed by atoms with E-state index in [1.165, 1.54) is 17.9 Å². The van der Waals surface area contributed by atoms with E-state index < -0.39 is 17.2 Å². The fraction of sp³-hybridized carbons (Fsp3) is 0.259. The third-order valence-electron chi connectivity index (χ3n) is 5.81. The normalized spacial score (nSPS) is 10.8. The van der Waals surface area contributed by atoms with Crippen LogP contribution in [0.3, 0.4) is 0 Å². The molecule has 0 fully saturated rings. The van der Waals surface area contributed by atoms with Gasteiger partial charge in [0.05, 0.1) is 26.3 Å². The molecule has 1 N–H and O–H groups in total. The van der Waals surface area contributed by atoms with Crippen molar-refractivity contribution in [1.82, 2.24) is 14.1 Å². The van der Waals surface area contributed by atoms with Gasteiger partial charge in [-0.05, 0) is 67.4 Å². The summed E-state index contributed by atoms with van der Waals surface area (Å²) in [5.74, 6) is 1.41. The zero-order chi connectivity index (χ0) is 26.4. The second kappa shape index (κ2) is 11.4. The lowest BCUT2D eigenvalue weighted by Gasteiger charge is -2.14. The van der Waals surface area contributed by atoms with Crippen LogP contribution >= 0.6 is 0 Å². The minimum Gasteiger partial charge on any atom is -0.494 e. The molecular weight excluding hydrogens is 476 g/mol. The van der Waals surface area contributed by atoms with Crippen LogP contribution in [-0.2, 0) is 24.3 Å². The number of fused-ring (bicyclic) bond motifs is 1. The largest absolute Gasteiger partial charge is 0.494 e. The Labute approximate surface area is 213 Å². The molecule has 0 unspecified atom stereocenters. The van der Waals surface area contributed by atoms with Gasteiger partial charge in [0.25, 0.3) is 5.56 Å². The first kappa shape index (κ1) is 25.5. The van der Waals surface area contributed by atoms with Crippen molar-refractivity contribution in [2.45, 2.75) is 26.4 Å². The minimum absolute atomic E-state index is 0.0974. The van der Waals surface area contributed by atoms with Crippen LogP contribution in [0, 0.1) is 0 Å². The number of carbonyl (C=O) groups is 1. The molecule has 4 rings (SSSR count). The van der Waals surface area contributed by atoms with E-state index in [0.29, 0.717) is 41.5 Å². The van der Waals surface area contributed by atoms with Gasteiger partial charge in [-0.3, -0.25) is 18.7 Å². The topological polar surface area (TPSA) is 114 Å². The fourth-order valence-electron chi connectivity index (χ4n) is 4.02. The van der Waals surface area contributed by atoms with Crippen LogP contribution in [0.1, 0.15) is 12.5 Å². The molecule has 2 heterocycles. The molecule has 0 aliphatic rings. The van der Waals surface area contributed by atoms with Gasteiger partial charge in [-0.15, -0.1) is 0 Å². The Morgan fingerprint density at radius 2 is 1.73 bits per heavy atom. The molecule has 0 saturated carbocycles. The zero-order valence-electron chi connectivity index (χ0n) is 20.9. The number of carbonyl (C=O) groups excluding carboxylic acids is 1. The molecule has 0 atom stereocenters. The first-order valence-corrected chi connectivity index (χ1v) is 11.8. The van der Waals surface area contributed by atoms with Crippen LogP contribution in [0.25, 0.3) is 11.0 Å². The van der Waals surface area contributed by atoms with Crippen molar-refractivity contribution in [2.75, 3.05) is 26.1 Å². The Bertz CT molecular complexity index is 1530. The summed E-state index contributed by atoms with van der Waals surface area (Å²) >= 11 is 0. The van der Waals surface area contributed by atoms with Crippen LogP contribution in [0.5, 0.6) is 17.2 Å². The molecule has 0 saturated heterocycles. The number of aryl methyl sites for hydroxylation is 1. The number of methoxy groups -OCH3 is 2. The lowest BCUT2D eigenvalue weighted by molar-refractivity contribution is -0.116. The van der Waals surface area contributed by atoms with Gasteiger partial charge < -0.3 is 19.5 Å². The van der Waals surface area contributed by atoms with Crippen molar-refractivity contribution in [2.24, 2.45) is 0 Å². The molecule has 10 heteroatoms. The van der Waals surface area contributed by atoms with E-state index in [9.17, 15) is 14.4 Å². The number of amides is 1. The Hall–Kier alpha value is -4.60. The van der Waals surface area contributed by atoms with E-state index in [1.807, 2.05) is 13.0 Å². The number of hydrogen-bond acceptors (Lipinski definition) is 7. The fourth-order valence-corrected chi connectivity index (χ4v) is 4.02. The number of benzene rings is 2.